The van der Waals surface area contributed by atoms with Crippen LogP contribution < -0.4 is 5.32 Å². The average Bonchev–Trinajstić information content (AvgIpc) is 2.65. The third-order valence-corrected chi connectivity index (χ3v) is 5.26. The summed E-state index contributed by atoms with van der Waals surface area (Å²) in [7, 11) is 0. The van der Waals surface area contributed by atoms with Gasteiger partial charge in [0.1, 0.15) is 0 Å². The van der Waals surface area contributed by atoms with Gasteiger partial charge >= 0.3 is 0 Å². The van der Waals surface area contributed by atoms with Crippen LogP contribution in [0.1, 0.15) is 46.0 Å². The van der Waals surface area contributed by atoms with Gasteiger partial charge in [-0.25, -0.2) is 0 Å². The maximum absolute atomic E-state index is 12.6. The van der Waals surface area contributed by atoms with Gasteiger partial charge in [0.25, 0.3) is 11.8 Å². The lowest BCUT2D eigenvalue weighted by Crippen LogP contribution is -2.39. The smallest absolute Gasteiger partial charge is 0.255 e. The molecule has 1 N–H and O–H groups in total. The maximum Gasteiger partial charge on any atom is 0.255 e. The summed E-state index contributed by atoms with van der Waals surface area (Å²) in [5, 5.41) is 3.48. The molecule has 0 saturated carbocycles. The number of hydrogen-bond acceptors (Lipinski definition) is 2. The average molecular weight is 371 g/mol. The van der Waals surface area contributed by atoms with Crippen LogP contribution in [-0.4, -0.2) is 29.8 Å². The summed E-state index contributed by atoms with van der Waals surface area (Å²) in [5.41, 5.74) is 2.64. The molecule has 1 unspecified atom stereocenters. The van der Waals surface area contributed by atoms with E-state index >= 15 is 0 Å². The number of hydrogen-bond donors (Lipinski definition) is 1. The van der Waals surface area contributed by atoms with E-state index < -0.39 is 0 Å². The SMILES string of the molecule is Cc1c(Cl)cccc1NC(=O)c1ccc(C(=O)N2CCCC(C)C2)cc1. The summed E-state index contributed by atoms with van der Waals surface area (Å²) in [6.07, 6.45) is 2.22. The zero-order valence-corrected chi connectivity index (χ0v) is 15.8. The van der Waals surface area contributed by atoms with Crippen LogP contribution in [0.4, 0.5) is 5.69 Å². The summed E-state index contributed by atoms with van der Waals surface area (Å²) >= 11 is 6.09. The van der Waals surface area contributed by atoms with Crippen LogP contribution in [0, 0.1) is 12.8 Å². The lowest BCUT2D eigenvalue weighted by Gasteiger charge is -2.31. The molecule has 0 aliphatic carbocycles. The van der Waals surface area contributed by atoms with Gasteiger partial charge in [-0.2, -0.15) is 0 Å². The zero-order chi connectivity index (χ0) is 18.7. The third kappa shape index (κ3) is 4.07. The highest BCUT2D eigenvalue weighted by molar-refractivity contribution is 6.31. The number of anilines is 1. The molecule has 0 bridgehead atoms. The van der Waals surface area contributed by atoms with E-state index in [0.717, 1.165) is 25.1 Å². The van der Waals surface area contributed by atoms with Crippen LogP contribution in [0.15, 0.2) is 42.5 Å². The number of carbonyl (C=O) groups is 2. The van der Waals surface area contributed by atoms with Gasteiger partial charge in [-0.05, 0) is 67.6 Å². The summed E-state index contributed by atoms with van der Waals surface area (Å²) < 4.78 is 0. The van der Waals surface area contributed by atoms with Crippen molar-refractivity contribution in [3.05, 3.63) is 64.2 Å². The maximum atomic E-state index is 12.6. The second-order valence-electron chi connectivity index (χ2n) is 6.94. The molecule has 0 spiro atoms. The molecule has 1 aliphatic rings. The highest BCUT2D eigenvalue weighted by atomic mass is 35.5. The number of carbonyl (C=O) groups excluding carboxylic acids is 2. The molecule has 1 heterocycles. The molecule has 136 valence electrons. The van der Waals surface area contributed by atoms with Gasteiger partial charge in [-0.3, -0.25) is 9.59 Å². The molecule has 1 aliphatic heterocycles. The van der Waals surface area contributed by atoms with Crippen molar-refractivity contribution in [3.8, 4) is 0 Å². The Morgan fingerprint density at radius 2 is 1.81 bits per heavy atom. The topological polar surface area (TPSA) is 49.4 Å². The molecule has 2 aromatic carbocycles. The number of benzene rings is 2. The van der Waals surface area contributed by atoms with Crippen molar-refractivity contribution in [1.82, 2.24) is 4.90 Å². The quantitative estimate of drug-likeness (QED) is 0.845. The van der Waals surface area contributed by atoms with E-state index in [1.807, 2.05) is 17.9 Å². The minimum absolute atomic E-state index is 0.0363. The molecule has 26 heavy (non-hydrogen) atoms. The van der Waals surface area contributed by atoms with Crippen LogP contribution in [0.3, 0.4) is 0 Å². The van der Waals surface area contributed by atoms with Gasteiger partial charge in [0, 0.05) is 34.9 Å². The predicted molar refractivity (Wildman–Crippen MR) is 105 cm³/mol. The van der Waals surface area contributed by atoms with Gasteiger partial charge in [-0.15, -0.1) is 0 Å². The molecule has 0 aromatic heterocycles. The Bertz CT molecular complexity index is 817. The molecule has 3 rings (SSSR count). The van der Waals surface area contributed by atoms with Gasteiger partial charge in [0.15, 0.2) is 0 Å². The number of likely N-dealkylation sites (tertiary alicyclic amines) is 1. The fourth-order valence-electron chi connectivity index (χ4n) is 3.26. The summed E-state index contributed by atoms with van der Waals surface area (Å²) in [4.78, 5) is 27.0. The van der Waals surface area contributed by atoms with Gasteiger partial charge in [0.05, 0.1) is 0 Å². The monoisotopic (exact) mass is 370 g/mol. The molecular formula is C21H23ClN2O2. The van der Waals surface area contributed by atoms with E-state index in [2.05, 4.69) is 12.2 Å². The number of piperidine rings is 1. The van der Waals surface area contributed by atoms with Crippen molar-refractivity contribution in [2.24, 2.45) is 5.92 Å². The molecule has 0 radical (unpaired) electrons. The zero-order valence-electron chi connectivity index (χ0n) is 15.1. The van der Waals surface area contributed by atoms with Crippen molar-refractivity contribution in [1.29, 1.82) is 0 Å². The number of rotatable bonds is 3. The Kier molecular flexibility index (Phi) is 5.62. The van der Waals surface area contributed by atoms with E-state index in [4.69, 9.17) is 11.6 Å². The number of amides is 2. The Morgan fingerprint density at radius 1 is 1.12 bits per heavy atom. The first kappa shape index (κ1) is 18.5. The number of nitrogens with zero attached hydrogens (tertiary/aromatic N) is 1. The standard InChI is InChI=1S/C21H23ClN2O2/c1-14-5-4-12-24(13-14)21(26)17-10-8-16(9-11-17)20(25)23-19-7-3-6-18(22)15(19)2/h3,6-11,14H,4-5,12-13H2,1-2H3,(H,23,25). The first-order chi connectivity index (χ1) is 12.5. The Morgan fingerprint density at radius 3 is 2.50 bits per heavy atom. The summed E-state index contributed by atoms with van der Waals surface area (Å²) in [6.45, 7) is 5.64. The molecule has 1 atom stereocenters. The van der Waals surface area contributed by atoms with Crippen molar-refractivity contribution >= 4 is 29.1 Å². The minimum Gasteiger partial charge on any atom is -0.338 e. The third-order valence-electron chi connectivity index (χ3n) is 4.85. The highest BCUT2D eigenvalue weighted by Crippen LogP contribution is 2.23. The molecule has 1 fully saturated rings. The predicted octanol–water partition coefficient (Wildman–Crippen LogP) is 4.77. The van der Waals surface area contributed by atoms with Crippen molar-refractivity contribution in [2.75, 3.05) is 18.4 Å². The molecular weight excluding hydrogens is 348 g/mol. The first-order valence-electron chi connectivity index (χ1n) is 8.91. The van der Waals surface area contributed by atoms with Crippen molar-refractivity contribution in [3.63, 3.8) is 0 Å². The molecule has 5 heteroatoms. The van der Waals surface area contributed by atoms with E-state index in [-0.39, 0.29) is 11.8 Å². The van der Waals surface area contributed by atoms with E-state index in [1.54, 1.807) is 36.4 Å². The lowest BCUT2D eigenvalue weighted by molar-refractivity contribution is 0.0682. The van der Waals surface area contributed by atoms with Crippen LogP contribution >= 0.6 is 11.6 Å². The summed E-state index contributed by atoms with van der Waals surface area (Å²) in [6, 6.07) is 12.2. The minimum atomic E-state index is -0.221. The summed E-state index contributed by atoms with van der Waals surface area (Å²) in [5.74, 6) is 0.355. The van der Waals surface area contributed by atoms with Gasteiger partial charge in [-0.1, -0.05) is 24.6 Å². The highest BCUT2D eigenvalue weighted by Gasteiger charge is 2.22. The Labute approximate surface area is 159 Å². The molecule has 2 aromatic rings. The van der Waals surface area contributed by atoms with Crippen LogP contribution in [0.2, 0.25) is 5.02 Å². The van der Waals surface area contributed by atoms with Crippen molar-refractivity contribution < 1.29 is 9.59 Å². The fraction of sp³-hybridized carbons (Fsp3) is 0.333. The van der Waals surface area contributed by atoms with Gasteiger partial charge < -0.3 is 10.2 Å². The lowest BCUT2D eigenvalue weighted by atomic mass is 9.99. The van der Waals surface area contributed by atoms with E-state index in [9.17, 15) is 9.59 Å². The van der Waals surface area contributed by atoms with E-state index in [0.29, 0.717) is 27.8 Å². The molecule has 1 saturated heterocycles. The second kappa shape index (κ2) is 7.92. The van der Waals surface area contributed by atoms with Crippen molar-refractivity contribution in [2.45, 2.75) is 26.7 Å². The first-order valence-corrected chi connectivity index (χ1v) is 9.29. The number of nitrogens with one attached hydrogen (secondary N) is 1. The van der Waals surface area contributed by atoms with Crippen LogP contribution in [0.25, 0.3) is 0 Å². The van der Waals surface area contributed by atoms with E-state index in [1.165, 1.54) is 6.42 Å². The largest absolute Gasteiger partial charge is 0.338 e. The Balaban J connectivity index is 1.69. The molecule has 4 nitrogen and oxygen atoms in total. The second-order valence-corrected chi connectivity index (χ2v) is 7.35. The molecule has 2 amide bonds. The van der Waals surface area contributed by atoms with Gasteiger partial charge in [0.2, 0.25) is 0 Å². The fourth-order valence-corrected chi connectivity index (χ4v) is 3.43. The normalized spacial score (nSPS) is 17.0. The van der Waals surface area contributed by atoms with Crippen LogP contribution in [0.5, 0.6) is 0 Å². The Hall–Kier alpha value is -2.33. The van der Waals surface area contributed by atoms with Crippen LogP contribution in [-0.2, 0) is 0 Å². The number of halogens is 1.